The number of rotatable bonds is 3. The van der Waals surface area contributed by atoms with Crippen LogP contribution in [0.4, 0.5) is 0 Å². The Morgan fingerprint density at radius 1 is 1.00 bits per heavy atom. The van der Waals surface area contributed by atoms with Crippen molar-refractivity contribution in [2.24, 2.45) is 5.92 Å². The standard InChI is InChI=1S/C23H28BrNO2/c24-19-6-7-22-20(14-19)21(16-25(22)15-17-4-2-1-3-5-17)18-8-10-23(11-9-18)26-12-13-27-23/h6-7,12-14,16-18H,1-5,8-11,15H2. The van der Waals surface area contributed by atoms with Crippen LogP contribution in [-0.4, -0.2) is 10.4 Å². The zero-order chi connectivity index (χ0) is 18.3. The van der Waals surface area contributed by atoms with Gasteiger partial charge >= 0.3 is 0 Å². The second-order valence-electron chi connectivity index (χ2n) is 8.60. The molecule has 0 radical (unpaired) electrons. The highest BCUT2D eigenvalue weighted by molar-refractivity contribution is 9.10. The SMILES string of the molecule is Brc1ccc2c(c1)c(C1CCC3(CC1)OC=CO3)cn2CC1CCCCC1. The van der Waals surface area contributed by atoms with Crippen LogP contribution in [0.1, 0.15) is 69.3 Å². The lowest BCUT2D eigenvalue weighted by Gasteiger charge is -2.35. The predicted molar refractivity (Wildman–Crippen MR) is 111 cm³/mol. The third-order valence-corrected chi connectivity index (χ3v) is 7.36. The summed E-state index contributed by atoms with van der Waals surface area (Å²) in [5, 5.41) is 1.42. The summed E-state index contributed by atoms with van der Waals surface area (Å²) in [4.78, 5) is 0. The van der Waals surface area contributed by atoms with E-state index in [4.69, 9.17) is 9.47 Å². The molecule has 0 N–H and O–H groups in total. The van der Waals surface area contributed by atoms with Gasteiger partial charge in [0.15, 0.2) is 0 Å². The summed E-state index contributed by atoms with van der Waals surface area (Å²) in [6, 6.07) is 6.80. The molecule has 2 aliphatic carbocycles. The van der Waals surface area contributed by atoms with Crippen molar-refractivity contribution in [3.05, 3.63) is 47.0 Å². The summed E-state index contributed by atoms with van der Waals surface area (Å²) in [7, 11) is 0. The van der Waals surface area contributed by atoms with E-state index in [0.29, 0.717) is 5.92 Å². The van der Waals surface area contributed by atoms with Gasteiger partial charge in [0.1, 0.15) is 12.5 Å². The minimum Gasteiger partial charge on any atom is -0.457 e. The van der Waals surface area contributed by atoms with Crippen molar-refractivity contribution in [2.75, 3.05) is 0 Å². The zero-order valence-electron chi connectivity index (χ0n) is 15.8. The molecule has 0 bridgehead atoms. The maximum atomic E-state index is 5.76. The molecule has 2 fully saturated rings. The van der Waals surface area contributed by atoms with Gasteiger partial charge < -0.3 is 14.0 Å². The van der Waals surface area contributed by atoms with Crippen molar-refractivity contribution in [1.29, 1.82) is 0 Å². The van der Waals surface area contributed by atoms with Crippen LogP contribution in [0.15, 0.2) is 41.4 Å². The van der Waals surface area contributed by atoms with Crippen LogP contribution in [0.25, 0.3) is 10.9 Å². The summed E-state index contributed by atoms with van der Waals surface area (Å²) >= 11 is 3.69. The number of halogens is 1. The summed E-state index contributed by atoms with van der Waals surface area (Å²) in [5.41, 5.74) is 2.91. The van der Waals surface area contributed by atoms with E-state index in [2.05, 4.69) is 44.9 Å². The number of benzene rings is 1. The third kappa shape index (κ3) is 3.41. The van der Waals surface area contributed by atoms with Gasteiger partial charge in [-0.2, -0.15) is 0 Å². The van der Waals surface area contributed by atoms with E-state index in [0.717, 1.165) is 31.6 Å². The van der Waals surface area contributed by atoms with Gasteiger partial charge in [-0.3, -0.25) is 0 Å². The molecule has 4 heteroatoms. The van der Waals surface area contributed by atoms with Gasteiger partial charge in [0.25, 0.3) is 0 Å². The van der Waals surface area contributed by atoms with Crippen molar-refractivity contribution < 1.29 is 9.47 Å². The van der Waals surface area contributed by atoms with Gasteiger partial charge in [0.2, 0.25) is 5.79 Å². The quantitative estimate of drug-likeness (QED) is 0.531. The van der Waals surface area contributed by atoms with Gasteiger partial charge in [-0.05, 0) is 61.3 Å². The molecule has 0 saturated heterocycles. The molecule has 2 saturated carbocycles. The average Bonchev–Trinajstić information content (AvgIpc) is 3.29. The first-order valence-electron chi connectivity index (χ1n) is 10.5. The fraction of sp³-hybridized carbons (Fsp3) is 0.565. The second-order valence-corrected chi connectivity index (χ2v) is 9.51. The Morgan fingerprint density at radius 2 is 1.74 bits per heavy atom. The number of hydrogen-bond donors (Lipinski definition) is 0. The van der Waals surface area contributed by atoms with E-state index in [1.165, 1.54) is 59.6 Å². The van der Waals surface area contributed by atoms with Crippen LogP contribution in [-0.2, 0) is 16.0 Å². The molecule has 27 heavy (non-hydrogen) atoms. The smallest absolute Gasteiger partial charge is 0.249 e. The predicted octanol–water partition coefficient (Wildman–Crippen LogP) is 6.86. The van der Waals surface area contributed by atoms with Gasteiger partial charge in [-0.25, -0.2) is 0 Å². The van der Waals surface area contributed by atoms with E-state index in [1.54, 1.807) is 12.5 Å². The van der Waals surface area contributed by atoms with Crippen molar-refractivity contribution in [3.63, 3.8) is 0 Å². The molecule has 1 spiro atoms. The largest absolute Gasteiger partial charge is 0.457 e. The number of nitrogens with zero attached hydrogens (tertiary/aromatic N) is 1. The van der Waals surface area contributed by atoms with E-state index in [9.17, 15) is 0 Å². The fourth-order valence-electron chi connectivity index (χ4n) is 5.36. The number of fused-ring (bicyclic) bond motifs is 1. The topological polar surface area (TPSA) is 23.4 Å². The molecule has 3 aliphatic rings. The fourth-order valence-corrected chi connectivity index (χ4v) is 5.72. The Balaban J connectivity index is 1.42. The van der Waals surface area contributed by atoms with Crippen molar-refractivity contribution in [2.45, 2.75) is 76.0 Å². The van der Waals surface area contributed by atoms with Gasteiger partial charge in [-0.1, -0.05) is 35.2 Å². The average molecular weight is 430 g/mol. The molecule has 3 nitrogen and oxygen atoms in total. The Kier molecular flexibility index (Phi) is 4.71. The molecule has 1 aliphatic heterocycles. The zero-order valence-corrected chi connectivity index (χ0v) is 17.4. The van der Waals surface area contributed by atoms with Gasteiger partial charge in [-0.15, -0.1) is 0 Å². The molecule has 2 heterocycles. The first kappa shape index (κ1) is 17.7. The van der Waals surface area contributed by atoms with E-state index < -0.39 is 0 Å². The van der Waals surface area contributed by atoms with Crippen LogP contribution in [0.5, 0.6) is 0 Å². The summed E-state index contributed by atoms with van der Waals surface area (Å²) in [5.74, 6) is 1.05. The Hall–Kier alpha value is -1.42. The monoisotopic (exact) mass is 429 g/mol. The van der Waals surface area contributed by atoms with E-state index in [1.807, 2.05) is 0 Å². The molecule has 0 atom stereocenters. The van der Waals surface area contributed by atoms with E-state index >= 15 is 0 Å². The molecule has 2 aromatic rings. The van der Waals surface area contributed by atoms with Crippen LogP contribution >= 0.6 is 15.9 Å². The number of ether oxygens (including phenoxy) is 2. The van der Waals surface area contributed by atoms with Crippen LogP contribution in [0, 0.1) is 5.92 Å². The lowest BCUT2D eigenvalue weighted by atomic mass is 9.81. The summed E-state index contributed by atoms with van der Waals surface area (Å²) in [6.45, 7) is 1.17. The van der Waals surface area contributed by atoms with Crippen molar-refractivity contribution in [3.8, 4) is 0 Å². The Bertz CT molecular complexity index is 831. The highest BCUT2D eigenvalue weighted by Crippen LogP contribution is 2.45. The molecule has 0 unspecified atom stereocenters. The first-order chi connectivity index (χ1) is 13.2. The molecule has 0 amide bonds. The van der Waals surface area contributed by atoms with Gasteiger partial charge in [0.05, 0.1) is 0 Å². The lowest BCUT2D eigenvalue weighted by molar-refractivity contribution is -0.164. The third-order valence-electron chi connectivity index (χ3n) is 6.86. The van der Waals surface area contributed by atoms with Crippen LogP contribution < -0.4 is 0 Å². The Labute approximate surface area is 169 Å². The van der Waals surface area contributed by atoms with Crippen molar-refractivity contribution >= 4 is 26.8 Å². The number of aromatic nitrogens is 1. The minimum absolute atomic E-state index is 0.377. The highest BCUT2D eigenvalue weighted by Gasteiger charge is 2.41. The Morgan fingerprint density at radius 3 is 2.48 bits per heavy atom. The molecular weight excluding hydrogens is 402 g/mol. The minimum atomic E-state index is -0.377. The van der Waals surface area contributed by atoms with Crippen LogP contribution in [0.3, 0.4) is 0 Å². The molecule has 1 aromatic heterocycles. The molecule has 5 rings (SSSR count). The van der Waals surface area contributed by atoms with E-state index in [-0.39, 0.29) is 5.79 Å². The molecular formula is C23H28BrNO2. The molecule has 1 aromatic carbocycles. The molecule has 144 valence electrons. The second kappa shape index (κ2) is 7.20. The summed E-state index contributed by atoms with van der Waals surface area (Å²) < 4.78 is 15.2. The van der Waals surface area contributed by atoms with Crippen molar-refractivity contribution in [1.82, 2.24) is 4.57 Å². The first-order valence-corrected chi connectivity index (χ1v) is 11.3. The highest BCUT2D eigenvalue weighted by atomic mass is 79.9. The van der Waals surface area contributed by atoms with Gasteiger partial charge in [0, 0.05) is 41.0 Å². The number of hydrogen-bond acceptors (Lipinski definition) is 2. The van der Waals surface area contributed by atoms with Crippen LogP contribution in [0.2, 0.25) is 0 Å². The lowest BCUT2D eigenvalue weighted by Crippen LogP contribution is -2.34. The maximum Gasteiger partial charge on any atom is 0.249 e. The maximum absolute atomic E-state index is 5.76. The normalized spacial score (nSPS) is 23.0. The summed E-state index contributed by atoms with van der Waals surface area (Å²) in [6.07, 6.45) is 17.0.